The molecule has 0 fully saturated rings. The number of nitrogens with one attached hydrogen (secondary N) is 1. The van der Waals surface area contributed by atoms with Crippen LogP contribution in [0, 0.1) is 20.8 Å². The monoisotopic (exact) mass is 410 g/mol. The largest absolute Gasteiger partial charge is 0.483 e. The molecule has 0 heterocycles. The van der Waals surface area contributed by atoms with Crippen LogP contribution in [-0.4, -0.2) is 42.5 Å². The average Bonchev–Trinajstić information content (AvgIpc) is 2.74. The van der Waals surface area contributed by atoms with Crippen molar-refractivity contribution in [3.05, 3.63) is 64.7 Å². The van der Waals surface area contributed by atoms with Crippen molar-refractivity contribution in [2.45, 2.75) is 53.5 Å². The van der Waals surface area contributed by atoms with Crippen LogP contribution in [0.5, 0.6) is 5.75 Å². The molecule has 1 N–H and O–H groups in total. The summed E-state index contributed by atoms with van der Waals surface area (Å²) < 4.78 is 5.88. The van der Waals surface area contributed by atoms with E-state index in [0.717, 1.165) is 28.7 Å². The molecule has 0 bridgehead atoms. The SMILES string of the molecule is CCCNC(=O)C(C)N(CCc1ccccc1)C(=O)COc1cc(C)cc(C)c1C. The Morgan fingerprint density at radius 3 is 2.47 bits per heavy atom. The van der Waals surface area contributed by atoms with Crippen LogP contribution in [0.1, 0.15) is 42.5 Å². The van der Waals surface area contributed by atoms with E-state index < -0.39 is 6.04 Å². The highest BCUT2D eigenvalue weighted by atomic mass is 16.5. The number of rotatable bonds is 10. The third-order valence-corrected chi connectivity index (χ3v) is 5.32. The lowest BCUT2D eigenvalue weighted by Crippen LogP contribution is -2.50. The van der Waals surface area contributed by atoms with E-state index in [1.165, 1.54) is 0 Å². The lowest BCUT2D eigenvalue weighted by atomic mass is 10.1. The number of carbonyl (C=O) groups is 2. The number of hydrogen-bond donors (Lipinski definition) is 1. The molecule has 1 unspecified atom stereocenters. The zero-order chi connectivity index (χ0) is 22.1. The molecular weight excluding hydrogens is 376 g/mol. The van der Waals surface area contributed by atoms with Gasteiger partial charge in [-0.25, -0.2) is 0 Å². The Labute approximate surface area is 180 Å². The van der Waals surface area contributed by atoms with E-state index in [9.17, 15) is 9.59 Å². The molecule has 2 aromatic carbocycles. The van der Waals surface area contributed by atoms with Gasteiger partial charge in [-0.2, -0.15) is 0 Å². The van der Waals surface area contributed by atoms with Gasteiger partial charge in [0.2, 0.25) is 5.91 Å². The summed E-state index contributed by atoms with van der Waals surface area (Å²) in [5.41, 5.74) is 4.37. The molecule has 0 saturated heterocycles. The molecule has 0 radical (unpaired) electrons. The summed E-state index contributed by atoms with van der Waals surface area (Å²) in [5.74, 6) is 0.386. The number of aryl methyl sites for hydroxylation is 2. The predicted molar refractivity (Wildman–Crippen MR) is 121 cm³/mol. The Bertz CT molecular complexity index is 849. The molecule has 1 atom stereocenters. The van der Waals surface area contributed by atoms with Crippen LogP contribution in [0.25, 0.3) is 0 Å². The fourth-order valence-corrected chi connectivity index (χ4v) is 3.34. The maximum atomic E-state index is 13.1. The molecule has 2 aromatic rings. The van der Waals surface area contributed by atoms with Crippen LogP contribution in [-0.2, 0) is 16.0 Å². The second kappa shape index (κ2) is 11.4. The van der Waals surface area contributed by atoms with Gasteiger partial charge in [-0.05, 0) is 68.9 Å². The van der Waals surface area contributed by atoms with Crippen molar-refractivity contribution in [2.75, 3.05) is 19.7 Å². The van der Waals surface area contributed by atoms with Crippen LogP contribution < -0.4 is 10.1 Å². The predicted octanol–water partition coefficient (Wildman–Crippen LogP) is 3.98. The second-order valence-corrected chi connectivity index (χ2v) is 7.78. The van der Waals surface area contributed by atoms with Crippen molar-refractivity contribution in [3.63, 3.8) is 0 Å². The van der Waals surface area contributed by atoms with Crippen LogP contribution in [0.4, 0.5) is 0 Å². The molecule has 30 heavy (non-hydrogen) atoms. The first-order chi connectivity index (χ1) is 14.3. The topological polar surface area (TPSA) is 58.6 Å². The summed E-state index contributed by atoms with van der Waals surface area (Å²) in [6.07, 6.45) is 1.53. The van der Waals surface area contributed by atoms with Crippen LogP contribution in [0.3, 0.4) is 0 Å². The lowest BCUT2D eigenvalue weighted by Gasteiger charge is -2.29. The number of carbonyl (C=O) groups excluding carboxylic acids is 2. The highest BCUT2D eigenvalue weighted by Crippen LogP contribution is 2.23. The number of hydrogen-bond acceptors (Lipinski definition) is 3. The molecule has 5 nitrogen and oxygen atoms in total. The van der Waals surface area contributed by atoms with Gasteiger partial charge in [0.15, 0.2) is 6.61 Å². The second-order valence-electron chi connectivity index (χ2n) is 7.78. The van der Waals surface area contributed by atoms with Gasteiger partial charge in [0.05, 0.1) is 0 Å². The van der Waals surface area contributed by atoms with E-state index in [0.29, 0.717) is 25.3 Å². The number of nitrogens with zero attached hydrogens (tertiary/aromatic N) is 1. The van der Waals surface area contributed by atoms with E-state index in [4.69, 9.17) is 4.74 Å². The van der Waals surface area contributed by atoms with Crippen molar-refractivity contribution in [1.82, 2.24) is 10.2 Å². The Hall–Kier alpha value is -2.82. The molecule has 0 spiro atoms. The van der Waals surface area contributed by atoms with E-state index >= 15 is 0 Å². The summed E-state index contributed by atoms with van der Waals surface area (Å²) >= 11 is 0. The van der Waals surface area contributed by atoms with Crippen LogP contribution in [0.15, 0.2) is 42.5 Å². The van der Waals surface area contributed by atoms with Gasteiger partial charge >= 0.3 is 0 Å². The van der Waals surface area contributed by atoms with Crippen molar-refractivity contribution in [3.8, 4) is 5.75 Å². The molecule has 0 aliphatic rings. The Morgan fingerprint density at radius 2 is 1.80 bits per heavy atom. The Kier molecular flexibility index (Phi) is 8.90. The van der Waals surface area contributed by atoms with Crippen molar-refractivity contribution < 1.29 is 14.3 Å². The van der Waals surface area contributed by atoms with Gasteiger partial charge < -0.3 is 15.0 Å². The van der Waals surface area contributed by atoms with Crippen molar-refractivity contribution >= 4 is 11.8 Å². The molecule has 5 heteroatoms. The maximum Gasteiger partial charge on any atom is 0.261 e. The van der Waals surface area contributed by atoms with E-state index in [1.54, 1.807) is 11.8 Å². The lowest BCUT2D eigenvalue weighted by molar-refractivity contribution is -0.141. The van der Waals surface area contributed by atoms with E-state index in [1.807, 2.05) is 64.1 Å². The van der Waals surface area contributed by atoms with Gasteiger partial charge in [-0.1, -0.05) is 43.3 Å². The fraction of sp³-hybridized carbons (Fsp3) is 0.440. The average molecular weight is 411 g/mol. The molecule has 162 valence electrons. The maximum absolute atomic E-state index is 13.1. The third-order valence-electron chi connectivity index (χ3n) is 5.32. The minimum Gasteiger partial charge on any atom is -0.483 e. The molecule has 0 aromatic heterocycles. The minimum absolute atomic E-state index is 0.0933. The number of ether oxygens (including phenoxy) is 1. The Morgan fingerprint density at radius 1 is 1.10 bits per heavy atom. The molecule has 2 rings (SSSR count). The summed E-state index contributed by atoms with van der Waals surface area (Å²) in [4.78, 5) is 27.2. The van der Waals surface area contributed by atoms with E-state index in [2.05, 4.69) is 11.4 Å². The first-order valence-corrected chi connectivity index (χ1v) is 10.6. The standard InChI is InChI=1S/C25H34N2O3/c1-6-13-26-25(29)21(5)27(14-12-22-10-8-7-9-11-22)24(28)17-30-23-16-18(2)15-19(3)20(23)4/h7-11,15-16,21H,6,12-14,17H2,1-5H3,(H,26,29). The zero-order valence-electron chi connectivity index (χ0n) is 18.8. The zero-order valence-corrected chi connectivity index (χ0v) is 18.8. The van der Waals surface area contributed by atoms with Crippen molar-refractivity contribution in [2.24, 2.45) is 0 Å². The first-order valence-electron chi connectivity index (χ1n) is 10.6. The normalized spacial score (nSPS) is 11.6. The Balaban J connectivity index is 2.11. The van der Waals surface area contributed by atoms with Gasteiger partial charge in [-0.3, -0.25) is 9.59 Å². The van der Waals surface area contributed by atoms with Gasteiger partial charge in [-0.15, -0.1) is 0 Å². The van der Waals surface area contributed by atoms with Gasteiger partial charge in [0.25, 0.3) is 5.91 Å². The number of benzene rings is 2. The molecule has 0 saturated carbocycles. The highest BCUT2D eigenvalue weighted by molar-refractivity contribution is 5.88. The smallest absolute Gasteiger partial charge is 0.261 e. The summed E-state index contributed by atoms with van der Waals surface area (Å²) in [5, 5.41) is 2.89. The van der Waals surface area contributed by atoms with Crippen LogP contribution in [0.2, 0.25) is 0 Å². The van der Waals surface area contributed by atoms with Crippen LogP contribution >= 0.6 is 0 Å². The first kappa shape index (κ1) is 23.5. The fourth-order valence-electron chi connectivity index (χ4n) is 3.34. The molecular formula is C25H34N2O3. The highest BCUT2D eigenvalue weighted by Gasteiger charge is 2.26. The summed E-state index contributed by atoms with van der Waals surface area (Å²) in [6, 6.07) is 13.5. The van der Waals surface area contributed by atoms with Gasteiger partial charge in [0.1, 0.15) is 11.8 Å². The molecule has 0 aliphatic carbocycles. The summed E-state index contributed by atoms with van der Waals surface area (Å²) in [7, 11) is 0. The molecule has 2 amide bonds. The van der Waals surface area contributed by atoms with Gasteiger partial charge in [0, 0.05) is 13.1 Å². The summed E-state index contributed by atoms with van der Waals surface area (Å²) in [6.45, 7) is 10.8. The number of amides is 2. The quantitative estimate of drug-likeness (QED) is 0.645. The van der Waals surface area contributed by atoms with Crippen molar-refractivity contribution in [1.29, 1.82) is 0 Å². The third kappa shape index (κ3) is 6.61. The molecule has 0 aliphatic heterocycles. The minimum atomic E-state index is -0.559. The van der Waals surface area contributed by atoms with E-state index in [-0.39, 0.29) is 18.4 Å².